The molecule has 24 heavy (non-hydrogen) atoms. The zero-order chi connectivity index (χ0) is 16.9. The first kappa shape index (κ1) is 16.1. The van der Waals surface area contributed by atoms with Gasteiger partial charge < -0.3 is 10.0 Å². The van der Waals surface area contributed by atoms with Crippen LogP contribution in [0.5, 0.6) is 0 Å². The third-order valence-electron chi connectivity index (χ3n) is 4.21. The highest BCUT2D eigenvalue weighted by Crippen LogP contribution is 2.22. The van der Waals surface area contributed by atoms with Gasteiger partial charge in [0.15, 0.2) is 11.5 Å². The predicted molar refractivity (Wildman–Crippen MR) is 84.7 cm³/mol. The molecule has 2 aromatic rings. The number of carboxylic acids is 1. The molecule has 1 saturated heterocycles. The van der Waals surface area contributed by atoms with E-state index in [0.717, 1.165) is 12.8 Å². The molecule has 8 nitrogen and oxygen atoms in total. The molecule has 0 saturated carbocycles. The Balaban J connectivity index is 1.64. The van der Waals surface area contributed by atoms with Crippen LogP contribution in [0.2, 0.25) is 0 Å². The van der Waals surface area contributed by atoms with Gasteiger partial charge in [0.1, 0.15) is 6.33 Å². The number of carbonyl (C=O) groups excluding carboxylic acids is 1. The van der Waals surface area contributed by atoms with E-state index >= 15 is 0 Å². The summed E-state index contributed by atoms with van der Waals surface area (Å²) in [5, 5.41) is 16.9. The fraction of sp³-hybridized carbons (Fsp3) is 0.438. The molecule has 1 aliphatic rings. The van der Waals surface area contributed by atoms with Crippen LogP contribution in [0.1, 0.15) is 36.2 Å². The van der Waals surface area contributed by atoms with E-state index in [1.807, 2.05) is 0 Å². The van der Waals surface area contributed by atoms with E-state index in [1.165, 1.54) is 0 Å². The highest BCUT2D eigenvalue weighted by atomic mass is 16.4. The fourth-order valence-electron chi connectivity index (χ4n) is 2.95. The normalized spacial score (nSPS) is 17.7. The van der Waals surface area contributed by atoms with Crippen molar-refractivity contribution in [2.45, 2.75) is 25.7 Å². The number of imidazole rings is 1. The Morgan fingerprint density at radius 3 is 2.83 bits per heavy atom. The van der Waals surface area contributed by atoms with Crippen LogP contribution in [-0.4, -0.2) is 54.7 Å². The first-order valence-corrected chi connectivity index (χ1v) is 7.96. The van der Waals surface area contributed by atoms with E-state index in [4.69, 9.17) is 5.11 Å². The number of hydrogen-bond acceptors (Lipinski definition) is 5. The summed E-state index contributed by atoms with van der Waals surface area (Å²) in [6.45, 7) is 1.25. The monoisotopic (exact) mass is 329 g/mol. The van der Waals surface area contributed by atoms with Gasteiger partial charge in [0.2, 0.25) is 0 Å². The minimum Gasteiger partial charge on any atom is -0.481 e. The number of aliphatic carboxylic acids is 1. The lowest BCUT2D eigenvalue weighted by Crippen LogP contribution is -2.40. The van der Waals surface area contributed by atoms with Crippen LogP contribution in [0.4, 0.5) is 0 Å². The molecule has 1 amide bonds. The Morgan fingerprint density at radius 2 is 2.17 bits per heavy atom. The molecule has 0 aromatic carbocycles. The van der Waals surface area contributed by atoms with Crippen molar-refractivity contribution in [1.29, 1.82) is 0 Å². The van der Waals surface area contributed by atoms with Crippen molar-refractivity contribution in [3.8, 4) is 5.82 Å². The molecule has 1 aliphatic heterocycles. The van der Waals surface area contributed by atoms with Crippen molar-refractivity contribution in [3.63, 3.8) is 0 Å². The van der Waals surface area contributed by atoms with Crippen molar-refractivity contribution in [1.82, 2.24) is 24.6 Å². The van der Waals surface area contributed by atoms with Crippen LogP contribution in [0, 0.1) is 5.92 Å². The number of likely N-dealkylation sites (tertiary alicyclic amines) is 1. The summed E-state index contributed by atoms with van der Waals surface area (Å²) >= 11 is 0. The minimum atomic E-state index is -0.792. The molecule has 1 atom stereocenters. The second-order valence-electron chi connectivity index (χ2n) is 5.94. The lowest BCUT2D eigenvalue weighted by molar-refractivity contribution is -0.137. The van der Waals surface area contributed by atoms with Crippen LogP contribution < -0.4 is 0 Å². The Bertz CT molecular complexity index is 699. The molecule has 0 aliphatic carbocycles. The zero-order valence-electron chi connectivity index (χ0n) is 13.2. The van der Waals surface area contributed by atoms with Gasteiger partial charge in [-0.1, -0.05) is 0 Å². The number of nitrogens with zero attached hydrogens (tertiary/aromatic N) is 5. The average molecular weight is 329 g/mol. The first-order valence-electron chi connectivity index (χ1n) is 7.96. The topological polar surface area (TPSA) is 101 Å². The Kier molecular flexibility index (Phi) is 4.83. The maximum atomic E-state index is 12.6. The van der Waals surface area contributed by atoms with Gasteiger partial charge in [0, 0.05) is 31.9 Å². The molecule has 2 aromatic heterocycles. The molecule has 0 radical (unpaired) electrons. The third kappa shape index (κ3) is 3.76. The van der Waals surface area contributed by atoms with E-state index in [0.29, 0.717) is 31.0 Å². The van der Waals surface area contributed by atoms with Crippen LogP contribution in [-0.2, 0) is 4.79 Å². The number of carboxylic acid groups (broad SMARTS) is 1. The van der Waals surface area contributed by atoms with Crippen LogP contribution >= 0.6 is 0 Å². The summed E-state index contributed by atoms with van der Waals surface area (Å²) in [6.07, 6.45) is 7.60. The Morgan fingerprint density at radius 1 is 1.29 bits per heavy atom. The Labute approximate surface area is 139 Å². The second kappa shape index (κ2) is 7.20. The quantitative estimate of drug-likeness (QED) is 0.889. The zero-order valence-corrected chi connectivity index (χ0v) is 13.2. The molecular weight excluding hydrogens is 310 g/mol. The van der Waals surface area contributed by atoms with Gasteiger partial charge in [-0.25, -0.2) is 4.98 Å². The lowest BCUT2D eigenvalue weighted by Gasteiger charge is -2.32. The summed E-state index contributed by atoms with van der Waals surface area (Å²) in [7, 11) is 0. The molecule has 0 spiro atoms. The lowest BCUT2D eigenvalue weighted by atomic mass is 9.93. The van der Waals surface area contributed by atoms with Gasteiger partial charge in [-0.3, -0.25) is 14.2 Å². The van der Waals surface area contributed by atoms with E-state index in [-0.39, 0.29) is 18.2 Å². The fourth-order valence-corrected chi connectivity index (χ4v) is 2.95. The minimum absolute atomic E-state index is 0.145. The van der Waals surface area contributed by atoms with Crippen LogP contribution in [0.3, 0.4) is 0 Å². The largest absolute Gasteiger partial charge is 0.481 e. The third-order valence-corrected chi connectivity index (χ3v) is 4.21. The summed E-state index contributed by atoms with van der Waals surface area (Å²) in [5.74, 6) is -0.113. The number of carbonyl (C=O) groups is 2. The van der Waals surface area contributed by atoms with Gasteiger partial charge in [0.25, 0.3) is 5.91 Å². The smallest absolute Gasteiger partial charge is 0.303 e. The summed E-state index contributed by atoms with van der Waals surface area (Å²) < 4.78 is 1.71. The summed E-state index contributed by atoms with van der Waals surface area (Å²) in [6, 6.07) is 3.39. The number of piperidine rings is 1. The van der Waals surface area contributed by atoms with Crippen molar-refractivity contribution in [2.75, 3.05) is 13.1 Å². The summed E-state index contributed by atoms with van der Waals surface area (Å²) in [5.41, 5.74) is 0.303. The molecule has 8 heteroatoms. The van der Waals surface area contributed by atoms with E-state index < -0.39 is 5.97 Å². The highest BCUT2D eigenvalue weighted by Gasteiger charge is 2.25. The SMILES string of the molecule is O=C(O)CCC1CCCN(C(=O)c2ccc(-n3ccnc3)nn2)C1. The number of hydrogen-bond donors (Lipinski definition) is 1. The van der Waals surface area contributed by atoms with Crippen LogP contribution in [0.15, 0.2) is 30.9 Å². The predicted octanol–water partition coefficient (Wildman–Crippen LogP) is 1.38. The summed E-state index contributed by atoms with van der Waals surface area (Å²) in [4.78, 5) is 29.0. The standard InChI is InChI=1S/C16H19N5O3/c22-15(23)6-3-12-2-1-8-20(10-12)16(24)13-4-5-14(19-18-13)21-9-7-17-11-21/h4-5,7,9,11-12H,1-3,6,8,10H2,(H,22,23). The Hall–Kier alpha value is -2.77. The number of amides is 1. The van der Waals surface area contributed by atoms with Gasteiger partial charge in [-0.15, -0.1) is 10.2 Å². The molecule has 1 N–H and O–H groups in total. The average Bonchev–Trinajstić information content (AvgIpc) is 3.14. The molecule has 0 bridgehead atoms. The van der Waals surface area contributed by atoms with Gasteiger partial charge in [-0.05, 0) is 37.3 Å². The van der Waals surface area contributed by atoms with Gasteiger partial charge >= 0.3 is 5.97 Å². The second-order valence-corrected chi connectivity index (χ2v) is 5.94. The number of aromatic nitrogens is 4. The van der Waals surface area contributed by atoms with Crippen molar-refractivity contribution in [3.05, 3.63) is 36.5 Å². The maximum absolute atomic E-state index is 12.6. The highest BCUT2D eigenvalue weighted by molar-refractivity contribution is 5.92. The van der Waals surface area contributed by atoms with Gasteiger partial charge in [-0.2, -0.15) is 0 Å². The van der Waals surface area contributed by atoms with E-state index in [1.54, 1.807) is 40.3 Å². The van der Waals surface area contributed by atoms with Crippen molar-refractivity contribution >= 4 is 11.9 Å². The molecule has 3 heterocycles. The maximum Gasteiger partial charge on any atom is 0.303 e. The van der Waals surface area contributed by atoms with Crippen molar-refractivity contribution < 1.29 is 14.7 Å². The molecule has 1 fully saturated rings. The van der Waals surface area contributed by atoms with E-state index in [9.17, 15) is 9.59 Å². The number of rotatable bonds is 5. The molecule has 126 valence electrons. The molecule has 1 unspecified atom stereocenters. The molecule has 3 rings (SSSR count). The van der Waals surface area contributed by atoms with Crippen molar-refractivity contribution in [2.24, 2.45) is 5.92 Å². The van der Waals surface area contributed by atoms with Gasteiger partial charge in [0.05, 0.1) is 0 Å². The first-order chi connectivity index (χ1) is 11.6. The van der Waals surface area contributed by atoms with E-state index in [2.05, 4.69) is 15.2 Å². The molecular formula is C16H19N5O3. The van der Waals surface area contributed by atoms with Crippen LogP contribution in [0.25, 0.3) is 5.82 Å².